The van der Waals surface area contributed by atoms with E-state index < -0.39 is 0 Å². The van der Waals surface area contributed by atoms with E-state index >= 15 is 0 Å². The van der Waals surface area contributed by atoms with E-state index in [1.807, 2.05) is 50.1 Å². The molecule has 2 aliphatic rings. The minimum Gasteiger partial charge on any atom is -0.490 e. The van der Waals surface area contributed by atoms with Crippen LogP contribution in [0, 0.1) is 0 Å². The first kappa shape index (κ1) is 23.1. The van der Waals surface area contributed by atoms with E-state index in [4.69, 9.17) is 9.84 Å². The van der Waals surface area contributed by atoms with Crippen molar-refractivity contribution in [1.82, 2.24) is 20.0 Å². The predicted octanol–water partition coefficient (Wildman–Crippen LogP) is 4.75. The van der Waals surface area contributed by atoms with Crippen molar-refractivity contribution in [2.45, 2.75) is 77.0 Å². The molecule has 1 amide bonds. The molecule has 1 heterocycles. The number of aromatic nitrogens is 2. The van der Waals surface area contributed by atoms with Crippen LogP contribution in [0.15, 0.2) is 42.4 Å². The Labute approximate surface area is 195 Å². The highest BCUT2D eigenvalue weighted by Gasteiger charge is 2.24. The molecule has 2 fully saturated rings. The highest BCUT2D eigenvalue weighted by molar-refractivity contribution is 6.03. The molecule has 2 aromatic rings. The van der Waals surface area contributed by atoms with Gasteiger partial charge in [0.2, 0.25) is 0 Å². The molecule has 0 bridgehead atoms. The van der Waals surface area contributed by atoms with E-state index in [-0.39, 0.29) is 17.7 Å². The summed E-state index contributed by atoms with van der Waals surface area (Å²) < 4.78 is 8.00. The number of rotatable bonds is 9. The van der Waals surface area contributed by atoms with Gasteiger partial charge in [0.25, 0.3) is 5.91 Å². The van der Waals surface area contributed by atoms with E-state index in [0.717, 1.165) is 23.7 Å². The van der Waals surface area contributed by atoms with Crippen LogP contribution in [-0.4, -0.2) is 46.1 Å². The molecule has 2 saturated carbocycles. The molecule has 0 aliphatic heterocycles. The van der Waals surface area contributed by atoms with Crippen LogP contribution in [0.4, 0.5) is 0 Å². The van der Waals surface area contributed by atoms with E-state index in [1.165, 1.54) is 32.1 Å². The standard InChI is InChI=1S/C26H34N4O3/c1-18(2)33-25-15-24-19(16-30(28-24)22-9-5-4-6-10-22)14-23(25)26(32)27-20(17-31)8-7-13-29(3)21-11-12-21/h7-8,13-18,21-22H,4-6,9-12H2,1-3H3,(H,27,32)/b13-7-,20-8+. The first-order valence-corrected chi connectivity index (χ1v) is 12.0. The topological polar surface area (TPSA) is 76.5 Å². The van der Waals surface area contributed by atoms with Crippen LogP contribution in [0.2, 0.25) is 0 Å². The summed E-state index contributed by atoms with van der Waals surface area (Å²) in [4.78, 5) is 26.8. The fraction of sp³-hybridized carbons (Fsp3) is 0.500. The molecule has 176 valence electrons. The second-order valence-corrected chi connectivity index (χ2v) is 9.41. The zero-order valence-electron chi connectivity index (χ0n) is 19.8. The maximum atomic E-state index is 13.1. The highest BCUT2D eigenvalue weighted by atomic mass is 16.5. The number of ether oxygens (including phenoxy) is 1. The lowest BCUT2D eigenvalue weighted by Gasteiger charge is -2.21. The molecular weight excluding hydrogens is 416 g/mol. The van der Waals surface area contributed by atoms with Gasteiger partial charge in [-0.1, -0.05) is 19.3 Å². The van der Waals surface area contributed by atoms with Gasteiger partial charge in [-0.3, -0.25) is 14.3 Å². The molecule has 0 spiro atoms. The van der Waals surface area contributed by atoms with Crippen LogP contribution in [0.1, 0.15) is 75.2 Å². The van der Waals surface area contributed by atoms with Gasteiger partial charge in [-0.25, -0.2) is 0 Å². The molecule has 0 atom stereocenters. The number of aldehydes is 1. The molecule has 7 nitrogen and oxygen atoms in total. The van der Waals surface area contributed by atoms with Crippen molar-refractivity contribution in [2.75, 3.05) is 7.05 Å². The maximum Gasteiger partial charge on any atom is 0.259 e. The zero-order valence-corrected chi connectivity index (χ0v) is 19.8. The van der Waals surface area contributed by atoms with Gasteiger partial charge >= 0.3 is 0 Å². The molecule has 0 saturated heterocycles. The van der Waals surface area contributed by atoms with Crippen molar-refractivity contribution < 1.29 is 14.3 Å². The molecule has 2 aliphatic carbocycles. The quantitative estimate of drug-likeness (QED) is 0.339. The lowest BCUT2D eigenvalue weighted by Crippen LogP contribution is -2.24. The Morgan fingerprint density at radius 1 is 1.21 bits per heavy atom. The first-order chi connectivity index (χ1) is 15.9. The monoisotopic (exact) mass is 450 g/mol. The molecule has 1 aromatic carbocycles. The third kappa shape index (κ3) is 5.83. The average molecular weight is 451 g/mol. The Balaban J connectivity index is 1.57. The van der Waals surface area contributed by atoms with Crippen molar-refractivity contribution in [3.8, 4) is 5.75 Å². The van der Waals surface area contributed by atoms with Crippen LogP contribution in [-0.2, 0) is 4.79 Å². The van der Waals surface area contributed by atoms with Gasteiger partial charge in [0.1, 0.15) is 5.75 Å². The Hall–Kier alpha value is -3.09. The number of amides is 1. The molecular formula is C26H34N4O3. The van der Waals surface area contributed by atoms with Gasteiger partial charge in [-0.15, -0.1) is 0 Å². The summed E-state index contributed by atoms with van der Waals surface area (Å²) in [6, 6.07) is 4.63. The molecule has 0 unspecified atom stereocenters. The van der Waals surface area contributed by atoms with Crippen LogP contribution in [0.5, 0.6) is 5.75 Å². The van der Waals surface area contributed by atoms with Gasteiger partial charge in [0.05, 0.1) is 28.9 Å². The summed E-state index contributed by atoms with van der Waals surface area (Å²) in [7, 11) is 2.01. The first-order valence-electron chi connectivity index (χ1n) is 12.0. The second-order valence-electron chi connectivity index (χ2n) is 9.41. The van der Waals surface area contributed by atoms with Gasteiger partial charge in [0, 0.05) is 30.7 Å². The van der Waals surface area contributed by atoms with Crippen molar-refractivity contribution >= 4 is 23.1 Å². The Kier molecular flexibility index (Phi) is 7.16. The summed E-state index contributed by atoms with van der Waals surface area (Å²) in [6.45, 7) is 3.84. The minimum atomic E-state index is -0.375. The van der Waals surface area contributed by atoms with Crippen LogP contribution in [0.25, 0.3) is 10.9 Å². The van der Waals surface area contributed by atoms with Crippen molar-refractivity contribution in [2.24, 2.45) is 0 Å². The maximum absolute atomic E-state index is 13.1. The third-order valence-corrected chi connectivity index (χ3v) is 6.28. The van der Waals surface area contributed by atoms with Crippen molar-refractivity contribution in [1.29, 1.82) is 0 Å². The average Bonchev–Trinajstić information content (AvgIpc) is 3.57. The number of allylic oxidation sites excluding steroid dienone is 3. The van der Waals surface area contributed by atoms with Gasteiger partial charge in [-0.2, -0.15) is 5.10 Å². The van der Waals surface area contributed by atoms with Gasteiger partial charge < -0.3 is 15.0 Å². The van der Waals surface area contributed by atoms with Crippen molar-refractivity contribution in [3.63, 3.8) is 0 Å². The predicted molar refractivity (Wildman–Crippen MR) is 129 cm³/mol. The fourth-order valence-electron chi connectivity index (χ4n) is 4.33. The molecule has 7 heteroatoms. The summed E-state index contributed by atoms with van der Waals surface area (Å²) in [6.07, 6.45) is 16.3. The van der Waals surface area contributed by atoms with E-state index in [0.29, 0.717) is 29.7 Å². The number of benzene rings is 1. The van der Waals surface area contributed by atoms with E-state index in [1.54, 1.807) is 12.2 Å². The molecule has 1 N–H and O–H groups in total. The summed E-state index contributed by atoms with van der Waals surface area (Å²) in [5.74, 6) is 0.0958. The number of carbonyl (C=O) groups excluding carboxylic acids is 2. The number of carbonyl (C=O) groups is 2. The number of hydrogen-bond acceptors (Lipinski definition) is 5. The number of nitrogens with zero attached hydrogens (tertiary/aromatic N) is 3. The minimum absolute atomic E-state index is 0.101. The molecule has 1 aromatic heterocycles. The molecule has 33 heavy (non-hydrogen) atoms. The largest absolute Gasteiger partial charge is 0.490 e. The van der Waals surface area contributed by atoms with Gasteiger partial charge in [0.15, 0.2) is 6.29 Å². The number of hydrogen-bond donors (Lipinski definition) is 1. The van der Waals surface area contributed by atoms with Crippen molar-refractivity contribution in [3.05, 3.63) is 47.9 Å². The Morgan fingerprint density at radius 2 is 1.97 bits per heavy atom. The Morgan fingerprint density at radius 3 is 2.64 bits per heavy atom. The third-order valence-electron chi connectivity index (χ3n) is 6.28. The van der Waals surface area contributed by atoms with Crippen LogP contribution >= 0.6 is 0 Å². The van der Waals surface area contributed by atoms with E-state index in [9.17, 15) is 9.59 Å². The van der Waals surface area contributed by atoms with Crippen LogP contribution in [0.3, 0.4) is 0 Å². The summed E-state index contributed by atoms with van der Waals surface area (Å²) in [5, 5.41) is 8.40. The zero-order chi connectivity index (χ0) is 23.4. The second kappa shape index (κ2) is 10.2. The number of fused-ring (bicyclic) bond motifs is 1. The molecule has 0 radical (unpaired) electrons. The summed E-state index contributed by atoms with van der Waals surface area (Å²) >= 11 is 0. The lowest BCUT2D eigenvalue weighted by molar-refractivity contribution is -0.105. The summed E-state index contributed by atoms with van der Waals surface area (Å²) in [5.41, 5.74) is 1.41. The lowest BCUT2D eigenvalue weighted by atomic mass is 9.96. The highest BCUT2D eigenvalue weighted by Crippen LogP contribution is 2.31. The molecule has 4 rings (SSSR count). The fourth-order valence-corrected chi connectivity index (χ4v) is 4.33. The number of nitrogens with one attached hydrogen (secondary N) is 1. The normalized spacial score (nSPS) is 17.6. The van der Waals surface area contributed by atoms with Gasteiger partial charge in [-0.05, 0) is 63.9 Å². The Bertz CT molecular complexity index is 1060. The van der Waals surface area contributed by atoms with Crippen LogP contribution < -0.4 is 10.1 Å². The smallest absolute Gasteiger partial charge is 0.259 e. The SMILES string of the molecule is CC(C)Oc1cc2nn(C3CCCCC3)cc2cc1C(=O)N/C(C=O)=C/C=C\N(C)C1CC1. The van der Waals surface area contributed by atoms with E-state index in [2.05, 4.69) is 10.2 Å².